The lowest BCUT2D eigenvalue weighted by Gasteiger charge is -2.26. The van der Waals surface area contributed by atoms with Crippen molar-refractivity contribution in [3.05, 3.63) is 65.2 Å². The van der Waals surface area contributed by atoms with Crippen LogP contribution in [0.3, 0.4) is 0 Å². The molecular formula is C23H32N4O2. The number of morpholine rings is 1. The average Bonchev–Trinajstić information content (AvgIpc) is 2.78. The molecule has 0 atom stereocenters. The summed E-state index contributed by atoms with van der Waals surface area (Å²) in [6.45, 7) is 6.23. The Morgan fingerprint density at radius 2 is 1.76 bits per heavy atom. The Morgan fingerprint density at radius 1 is 1.03 bits per heavy atom. The van der Waals surface area contributed by atoms with Gasteiger partial charge in [-0.15, -0.1) is 0 Å². The van der Waals surface area contributed by atoms with Crippen LogP contribution < -0.4 is 15.4 Å². The number of aliphatic imine (C=N–C) groups is 1. The van der Waals surface area contributed by atoms with Gasteiger partial charge in [0.2, 0.25) is 0 Å². The normalized spacial score (nSPS) is 15.2. The minimum absolute atomic E-state index is 0.742. The summed E-state index contributed by atoms with van der Waals surface area (Å²) in [4.78, 5) is 6.75. The molecule has 0 saturated carbocycles. The molecule has 1 aliphatic heterocycles. The highest BCUT2D eigenvalue weighted by molar-refractivity contribution is 5.79. The Morgan fingerprint density at radius 3 is 2.48 bits per heavy atom. The van der Waals surface area contributed by atoms with E-state index >= 15 is 0 Å². The van der Waals surface area contributed by atoms with Crippen molar-refractivity contribution in [2.75, 3.05) is 47.0 Å². The van der Waals surface area contributed by atoms with Crippen LogP contribution in [0.4, 0.5) is 0 Å². The van der Waals surface area contributed by atoms with Crippen molar-refractivity contribution < 1.29 is 9.47 Å². The van der Waals surface area contributed by atoms with E-state index in [0.29, 0.717) is 0 Å². The molecule has 0 aromatic heterocycles. The second-order valence-corrected chi connectivity index (χ2v) is 7.12. The lowest BCUT2D eigenvalue weighted by molar-refractivity contribution is 0.0342. The summed E-state index contributed by atoms with van der Waals surface area (Å²) in [5.41, 5.74) is 3.77. The first-order valence-electron chi connectivity index (χ1n) is 10.2. The van der Waals surface area contributed by atoms with Crippen LogP contribution in [0.5, 0.6) is 5.75 Å². The van der Waals surface area contributed by atoms with Gasteiger partial charge in [0.1, 0.15) is 5.75 Å². The van der Waals surface area contributed by atoms with Crippen LogP contribution in [-0.4, -0.2) is 57.9 Å². The maximum Gasteiger partial charge on any atom is 0.191 e. The van der Waals surface area contributed by atoms with Crippen LogP contribution in [0, 0.1) is 0 Å². The molecule has 0 radical (unpaired) electrons. The summed E-state index contributed by atoms with van der Waals surface area (Å²) in [6, 6.07) is 16.9. The summed E-state index contributed by atoms with van der Waals surface area (Å²) in [5.74, 6) is 1.73. The highest BCUT2D eigenvalue weighted by Gasteiger charge is 2.10. The lowest BCUT2D eigenvalue weighted by Crippen LogP contribution is -2.37. The summed E-state index contributed by atoms with van der Waals surface area (Å²) in [6.07, 6.45) is 0.876. The van der Waals surface area contributed by atoms with Gasteiger partial charge >= 0.3 is 0 Å². The quantitative estimate of drug-likeness (QED) is 0.530. The minimum atomic E-state index is 0.742. The van der Waals surface area contributed by atoms with E-state index in [1.165, 1.54) is 16.7 Å². The number of benzene rings is 2. The van der Waals surface area contributed by atoms with E-state index in [0.717, 1.165) is 64.1 Å². The number of hydrogen-bond acceptors (Lipinski definition) is 4. The summed E-state index contributed by atoms with van der Waals surface area (Å²) >= 11 is 0. The van der Waals surface area contributed by atoms with Crippen molar-refractivity contribution in [1.29, 1.82) is 0 Å². The number of ether oxygens (including phenoxy) is 2. The molecule has 1 aliphatic rings. The molecule has 0 aliphatic carbocycles. The molecule has 0 unspecified atom stereocenters. The first-order chi connectivity index (χ1) is 14.3. The van der Waals surface area contributed by atoms with Gasteiger partial charge in [0, 0.05) is 39.8 Å². The van der Waals surface area contributed by atoms with Gasteiger partial charge in [0.25, 0.3) is 0 Å². The van der Waals surface area contributed by atoms with Crippen LogP contribution in [-0.2, 0) is 24.2 Å². The fourth-order valence-corrected chi connectivity index (χ4v) is 3.41. The molecule has 1 heterocycles. The van der Waals surface area contributed by atoms with Crippen molar-refractivity contribution in [3.63, 3.8) is 0 Å². The first-order valence-corrected chi connectivity index (χ1v) is 10.2. The predicted octanol–water partition coefficient (Wildman–Crippen LogP) is 2.44. The monoisotopic (exact) mass is 396 g/mol. The van der Waals surface area contributed by atoms with E-state index in [1.54, 1.807) is 14.2 Å². The third-order valence-electron chi connectivity index (χ3n) is 5.10. The predicted molar refractivity (Wildman–Crippen MR) is 117 cm³/mol. The maximum absolute atomic E-state index is 5.41. The van der Waals surface area contributed by atoms with E-state index in [-0.39, 0.29) is 0 Å². The molecule has 2 aromatic rings. The van der Waals surface area contributed by atoms with Gasteiger partial charge in [-0.3, -0.25) is 9.89 Å². The number of rotatable bonds is 8. The number of guanidine groups is 1. The van der Waals surface area contributed by atoms with E-state index in [9.17, 15) is 0 Å². The van der Waals surface area contributed by atoms with Crippen LogP contribution in [0.2, 0.25) is 0 Å². The Balaban J connectivity index is 1.41. The third-order valence-corrected chi connectivity index (χ3v) is 5.10. The highest BCUT2D eigenvalue weighted by atomic mass is 16.5. The van der Waals surface area contributed by atoms with E-state index in [4.69, 9.17) is 9.47 Å². The molecular weight excluding hydrogens is 364 g/mol. The lowest BCUT2D eigenvalue weighted by atomic mass is 10.1. The molecule has 1 saturated heterocycles. The average molecular weight is 397 g/mol. The Labute approximate surface area is 173 Å². The Hall–Kier alpha value is -2.57. The number of nitrogens with one attached hydrogen (secondary N) is 2. The zero-order valence-corrected chi connectivity index (χ0v) is 17.5. The van der Waals surface area contributed by atoms with Crippen LogP contribution in [0.1, 0.15) is 16.7 Å². The second-order valence-electron chi connectivity index (χ2n) is 7.12. The minimum Gasteiger partial charge on any atom is -0.496 e. The van der Waals surface area contributed by atoms with Crippen LogP contribution >= 0.6 is 0 Å². The van der Waals surface area contributed by atoms with Gasteiger partial charge in [0.15, 0.2) is 5.96 Å². The van der Waals surface area contributed by atoms with Gasteiger partial charge in [-0.2, -0.15) is 0 Å². The van der Waals surface area contributed by atoms with Gasteiger partial charge in [-0.1, -0.05) is 42.5 Å². The summed E-state index contributed by atoms with van der Waals surface area (Å²) < 4.78 is 10.8. The molecule has 6 nitrogen and oxygen atoms in total. The zero-order valence-electron chi connectivity index (χ0n) is 17.5. The largest absolute Gasteiger partial charge is 0.496 e. The fourth-order valence-electron chi connectivity index (χ4n) is 3.41. The third kappa shape index (κ3) is 6.76. The number of methoxy groups -OCH3 is 1. The van der Waals surface area contributed by atoms with Crippen LogP contribution in [0.25, 0.3) is 0 Å². The van der Waals surface area contributed by atoms with Crippen molar-refractivity contribution in [1.82, 2.24) is 15.5 Å². The maximum atomic E-state index is 5.41. The van der Waals surface area contributed by atoms with E-state index in [1.807, 2.05) is 18.2 Å². The standard InChI is InChI=1S/C23H32N4O2/c1-24-23(25-12-11-21-5-3-4-6-22(21)28-2)26-17-19-7-9-20(10-8-19)18-27-13-15-29-16-14-27/h3-10H,11-18H2,1-2H3,(H2,24,25,26). The van der Waals surface area contributed by atoms with E-state index in [2.05, 4.69) is 50.9 Å². The molecule has 0 amide bonds. The first kappa shape index (κ1) is 21.1. The van der Waals surface area contributed by atoms with Crippen molar-refractivity contribution in [3.8, 4) is 5.75 Å². The summed E-state index contributed by atoms with van der Waals surface area (Å²) in [7, 11) is 3.50. The van der Waals surface area contributed by atoms with Gasteiger partial charge in [0.05, 0.1) is 20.3 Å². The van der Waals surface area contributed by atoms with Crippen molar-refractivity contribution in [2.45, 2.75) is 19.5 Å². The van der Waals surface area contributed by atoms with Gasteiger partial charge in [-0.05, 0) is 29.2 Å². The molecule has 1 fully saturated rings. The summed E-state index contributed by atoms with van der Waals surface area (Å²) in [5, 5.41) is 6.75. The highest BCUT2D eigenvalue weighted by Crippen LogP contribution is 2.17. The van der Waals surface area contributed by atoms with Crippen molar-refractivity contribution >= 4 is 5.96 Å². The molecule has 29 heavy (non-hydrogen) atoms. The molecule has 0 spiro atoms. The van der Waals surface area contributed by atoms with Crippen LogP contribution in [0.15, 0.2) is 53.5 Å². The molecule has 2 N–H and O–H groups in total. The SMILES string of the molecule is CN=C(NCCc1ccccc1OC)NCc1ccc(CN2CCOCC2)cc1. The Bertz CT molecular complexity index is 771. The van der Waals surface area contributed by atoms with Crippen molar-refractivity contribution in [2.24, 2.45) is 4.99 Å². The number of nitrogens with zero attached hydrogens (tertiary/aromatic N) is 2. The molecule has 0 bridgehead atoms. The topological polar surface area (TPSA) is 58.1 Å². The fraction of sp³-hybridized carbons (Fsp3) is 0.435. The Kier molecular flexibility index (Phi) is 8.34. The zero-order chi connectivity index (χ0) is 20.3. The molecule has 6 heteroatoms. The molecule has 2 aromatic carbocycles. The van der Waals surface area contributed by atoms with E-state index < -0.39 is 0 Å². The smallest absolute Gasteiger partial charge is 0.191 e. The molecule has 3 rings (SSSR count). The number of para-hydroxylation sites is 1. The molecule has 156 valence electrons. The second kappa shape index (κ2) is 11.4. The number of hydrogen-bond donors (Lipinski definition) is 2. The van der Waals surface area contributed by atoms with Gasteiger partial charge in [-0.25, -0.2) is 0 Å². The van der Waals surface area contributed by atoms with Gasteiger partial charge < -0.3 is 20.1 Å².